The number of piperidine rings is 1. The first kappa shape index (κ1) is 18.7. The van der Waals surface area contributed by atoms with Gasteiger partial charge < -0.3 is 10.1 Å². The van der Waals surface area contributed by atoms with Crippen LogP contribution in [0, 0.1) is 0 Å². The van der Waals surface area contributed by atoms with Crippen LogP contribution in [0.4, 0.5) is 0 Å². The zero-order chi connectivity index (χ0) is 18.4. The lowest BCUT2D eigenvalue weighted by Gasteiger charge is -2.32. The second-order valence-electron chi connectivity index (χ2n) is 6.64. The van der Waals surface area contributed by atoms with Gasteiger partial charge in [-0.15, -0.1) is 0 Å². The van der Waals surface area contributed by atoms with Crippen molar-refractivity contribution >= 4 is 17.5 Å². The van der Waals surface area contributed by atoms with Gasteiger partial charge in [-0.2, -0.15) is 0 Å². The van der Waals surface area contributed by atoms with Crippen molar-refractivity contribution in [1.29, 1.82) is 0 Å². The summed E-state index contributed by atoms with van der Waals surface area (Å²) in [6.07, 6.45) is 4.39. The highest BCUT2D eigenvalue weighted by Crippen LogP contribution is 2.17. The summed E-state index contributed by atoms with van der Waals surface area (Å²) >= 11 is 5.89. The Morgan fingerprint density at radius 1 is 1.31 bits per heavy atom. The molecule has 2 heterocycles. The number of nitrogens with one attached hydrogen (secondary N) is 1. The predicted molar refractivity (Wildman–Crippen MR) is 102 cm³/mol. The number of nitrogens with zero attached hydrogens (tertiary/aromatic N) is 2. The standard InChI is InChI=1S/C20H24ClN3O2/c1-15(26-19-11-17(21)12-22-13-19)20(25)23-18-7-9-24(10-8-18)14-16-5-3-2-4-6-16/h2-6,11-13,15,18H,7-10,14H2,1H3,(H,23,25). The minimum Gasteiger partial charge on any atom is -0.479 e. The third-order valence-electron chi connectivity index (χ3n) is 4.54. The number of halogens is 1. The molecular weight excluding hydrogens is 350 g/mol. The fourth-order valence-electron chi connectivity index (χ4n) is 3.11. The van der Waals surface area contributed by atoms with E-state index in [1.807, 2.05) is 6.07 Å². The van der Waals surface area contributed by atoms with Crippen molar-refractivity contribution in [1.82, 2.24) is 15.2 Å². The van der Waals surface area contributed by atoms with Crippen molar-refractivity contribution < 1.29 is 9.53 Å². The second kappa shape index (κ2) is 9.01. The maximum atomic E-state index is 12.4. The van der Waals surface area contributed by atoms with E-state index in [9.17, 15) is 4.79 Å². The summed E-state index contributed by atoms with van der Waals surface area (Å²) in [6.45, 7) is 4.66. The van der Waals surface area contributed by atoms with Crippen molar-refractivity contribution in [2.75, 3.05) is 13.1 Å². The number of benzene rings is 1. The summed E-state index contributed by atoms with van der Waals surface area (Å²) in [5.41, 5.74) is 1.33. The van der Waals surface area contributed by atoms with Crippen LogP contribution in [0.25, 0.3) is 0 Å². The number of carbonyl (C=O) groups is 1. The van der Waals surface area contributed by atoms with Gasteiger partial charge in [0.15, 0.2) is 6.10 Å². The minimum atomic E-state index is -0.586. The van der Waals surface area contributed by atoms with Gasteiger partial charge in [0.25, 0.3) is 5.91 Å². The van der Waals surface area contributed by atoms with E-state index in [0.29, 0.717) is 10.8 Å². The third kappa shape index (κ3) is 5.44. The van der Waals surface area contributed by atoms with E-state index >= 15 is 0 Å². The van der Waals surface area contributed by atoms with Crippen LogP contribution in [0.1, 0.15) is 25.3 Å². The lowest BCUT2D eigenvalue weighted by molar-refractivity contribution is -0.128. The molecule has 0 radical (unpaired) electrons. The van der Waals surface area contributed by atoms with Crippen LogP contribution in [-0.4, -0.2) is 41.0 Å². The maximum absolute atomic E-state index is 12.4. The van der Waals surface area contributed by atoms with E-state index in [2.05, 4.69) is 39.5 Å². The van der Waals surface area contributed by atoms with Crippen LogP contribution >= 0.6 is 11.6 Å². The van der Waals surface area contributed by atoms with Crippen LogP contribution in [-0.2, 0) is 11.3 Å². The van der Waals surface area contributed by atoms with Gasteiger partial charge >= 0.3 is 0 Å². The number of hydrogen-bond acceptors (Lipinski definition) is 4. The lowest BCUT2D eigenvalue weighted by Crippen LogP contribution is -2.47. The zero-order valence-corrected chi connectivity index (χ0v) is 15.7. The van der Waals surface area contributed by atoms with Gasteiger partial charge in [0.05, 0.1) is 11.2 Å². The van der Waals surface area contributed by atoms with Gasteiger partial charge in [0.1, 0.15) is 5.75 Å². The number of ether oxygens (including phenoxy) is 1. The maximum Gasteiger partial charge on any atom is 0.260 e. The van der Waals surface area contributed by atoms with Gasteiger partial charge in [-0.3, -0.25) is 14.7 Å². The Morgan fingerprint density at radius 2 is 2.04 bits per heavy atom. The first-order valence-corrected chi connectivity index (χ1v) is 9.32. The highest BCUT2D eigenvalue weighted by Gasteiger charge is 2.23. The van der Waals surface area contributed by atoms with E-state index in [4.69, 9.17) is 16.3 Å². The molecular formula is C20H24ClN3O2. The number of amides is 1. The lowest BCUT2D eigenvalue weighted by atomic mass is 10.0. The quantitative estimate of drug-likeness (QED) is 0.844. The predicted octanol–water partition coefficient (Wildman–Crippen LogP) is 3.28. The monoisotopic (exact) mass is 373 g/mol. The normalized spacial score (nSPS) is 16.8. The van der Waals surface area contributed by atoms with Crippen LogP contribution in [0.5, 0.6) is 5.75 Å². The molecule has 1 aromatic heterocycles. The SMILES string of the molecule is CC(Oc1cncc(Cl)c1)C(=O)NC1CCN(Cc2ccccc2)CC1. The summed E-state index contributed by atoms with van der Waals surface area (Å²) in [5, 5.41) is 3.58. The van der Waals surface area contributed by atoms with Crippen molar-refractivity contribution in [2.45, 2.75) is 38.5 Å². The fourth-order valence-corrected chi connectivity index (χ4v) is 3.27. The molecule has 0 saturated carbocycles. The molecule has 2 aromatic rings. The van der Waals surface area contributed by atoms with Crippen LogP contribution in [0.3, 0.4) is 0 Å². The Morgan fingerprint density at radius 3 is 2.73 bits per heavy atom. The molecule has 1 aliphatic heterocycles. The molecule has 0 spiro atoms. The molecule has 1 saturated heterocycles. The average molecular weight is 374 g/mol. The van der Waals surface area contributed by atoms with Crippen LogP contribution < -0.4 is 10.1 Å². The summed E-state index contributed by atoms with van der Waals surface area (Å²) < 4.78 is 5.63. The molecule has 0 bridgehead atoms. The smallest absolute Gasteiger partial charge is 0.260 e. The molecule has 1 unspecified atom stereocenters. The highest BCUT2D eigenvalue weighted by molar-refractivity contribution is 6.30. The highest BCUT2D eigenvalue weighted by atomic mass is 35.5. The molecule has 138 valence electrons. The van der Waals surface area contributed by atoms with Crippen LogP contribution in [0.2, 0.25) is 5.02 Å². The van der Waals surface area contributed by atoms with E-state index in [1.165, 1.54) is 11.8 Å². The molecule has 0 aliphatic carbocycles. The Labute approximate surface area is 159 Å². The molecule has 26 heavy (non-hydrogen) atoms. The molecule has 1 N–H and O–H groups in total. The number of carbonyl (C=O) groups excluding carboxylic acids is 1. The number of rotatable bonds is 6. The summed E-state index contributed by atoms with van der Waals surface area (Å²) in [6, 6.07) is 12.3. The van der Waals surface area contributed by atoms with E-state index in [-0.39, 0.29) is 11.9 Å². The number of aromatic nitrogens is 1. The largest absolute Gasteiger partial charge is 0.479 e. The van der Waals surface area contributed by atoms with E-state index in [0.717, 1.165) is 32.5 Å². The third-order valence-corrected chi connectivity index (χ3v) is 4.75. The molecule has 1 fully saturated rings. The first-order chi connectivity index (χ1) is 12.6. The van der Waals surface area contributed by atoms with Crippen molar-refractivity contribution in [3.8, 4) is 5.75 Å². The van der Waals surface area contributed by atoms with Gasteiger partial charge in [0.2, 0.25) is 0 Å². The number of likely N-dealkylation sites (tertiary alicyclic amines) is 1. The first-order valence-electron chi connectivity index (χ1n) is 8.94. The van der Waals surface area contributed by atoms with E-state index in [1.54, 1.807) is 19.2 Å². The molecule has 1 amide bonds. The van der Waals surface area contributed by atoms with Crippen molar-refractivity contribution in [2.24, 2.45) is 0 Å². The topological polar surface area (TPSA) is 54.5 Å². The number of hydrogen-bond donors (Lipinski definition) is 1. The Balaban J connectivity index is 1.42. The molecule has 6 heteroatoms. The summed E-state index contributed by atoms with van der Waals surface area (Å²) in [5.74, 6) is 0.393. The van der Waals surface area contributed by atoms with Crippen molar-refractivity contribution in [3.63, 3.8) is 0 Å². The molecule has 5 nitrogen and oxygen atoms in total. The second-order valence-corrected chi connectivity index (χ2v) is 7.08. The van der Waals surface area contributed by atoms with E-state index < -0.39 is 6.10 Å². The average Bonchev–Trinajstić information content (AvgIpc) is 2.64. The molecule has 3 rings (SSSR count). The Bertz CT molecular complexity index is 718. The summed E-state index contributed by atoms with van der Waals surface area (Å²) in [4.78, 5) is 18.8. The van der Waals surface area contributed by atoms with Gasteiger partial charge in [-0.1, -0.05) is 41.9 Å². The van der Waals surface area contributed by atoms with Crippen LogP contribution in [0.15, 0.2) is 48.8 Å². The molecule has 1 atom stereocenters. The molecule has 1 aromatic carbocycles. The van der Waals surface area contributed by atoms with Gasteiger partial charge in [-0.25, -0.2) is 0 Å². The number of pyridine rings is 1. The zero-order valence-electron chi connectivity index (χ0n) is 14.9. The molecule has 1 aliphatic rings. The van der Waals surface area contributed by atoms with Gasteiger partial charge in [0, 0.05) is 37.9 Å². The van der Waals surface area contributed by atoms with Gasteiger partial charge in [-0.05, 0) is 25.3 Å². The fraction of sp³-hybridized carbons (Fsp3) is 0.400. The summed E-state index contributed by atoms with van der Waals surface area (Å²) in [7, 11) is 0. The minimum absolute atomic E-state index is 0.105. The Hall–Kier alpha value is -2.11. The Kier molecular flexibility index (Phi) is 6.47. The van der Waals surface area contributed by atoms with Crippen molar-refractivity contribution in [3.05, 3.63) is 59.4 Å².